The second-order valence-corrected chi connectivity index (χ2v) is 3.68. The molecule has 0 radical (unpaired) electrons. The zero-order valence-electron chi connectivity index (χ0n) is 8.58. The van der Waals surface area contributed by atoms with Crippen LogP contribution in [0.2, 0.25) is 0 Å². The average Bonchev–Trinajstić information content (AvgIpc) is 2.87. The Labute approximate surface area is 99.9 Å². The molecule has 0 unspecified atom stereocenters. The van der Waals surface area contributed by atoms with E-state index in [0.717, 1.165) is 0 Å². The van der Waals surface area contributed by atoms with E-state index in [1.54, 1.807) is 17.6 Å². The van der Waals surface area contributed by atoms with Crippen LogP contribution in [-0.4, -0.2) is 20.9 Å². The molecular weight excluding hydrogens is 244 g/mol. The highest BCUT2D eigenvalue weighted by Gasteiger charge is 2.16. The Balaban J connectivity index is 0.000000317. The van der Waals surface area contributed by atoms with E-state index in [4.69, 9.17) is 5.41 Å². The first-order valence-corrected chi connectivity index (χ1v) is 5.21. The summed E-state index contributed by atoms with van der Waals surface area (Å²) in [6.45, 7) is 0. The van der Waals surface area contributed by atoms with Gasteiger partial charge in [-0.2, -0.15) is 0 Å². The van der Waals surface area contributed by atoms with Crippen molar-refractivity contribution in [2.24, 2.45) is 11.5 Å². The number of thiazole rings is 1. The van der Waals surface area contributed by atoms with Gasteiger partial charge in [-0.05, 0) is 11.0 Å². The van der Waals surface area contributed by atoms with Gasteiger partial charge in [0.25, 0.3) is 0 Å². The van der Waals surface area contributed by atoms with Crippen LogP contribution in [0.15, 0.2) is 23.8 Å². The molecule has 2 rings (SSSR count). The molecule has 90 valence electrons. The first-order chi connectivity index (χ1) is 8.02. The van der Waals surface area contributed by atoms with E-state index < -0.39 is 4.92 Å². The standard InChI is InChI=1S/C7H5N3O2S.CH5N3/c11-10(12)6-5(1-2-8-6)7-9-3-4-13-7;2-1(3)4/h1-4,8H;(H5,2,3,4). The van der Waals surface area contributed by atoms with Gasteiger partial charge in [0, 0.05) is 11.6 Å². The van der Waals surface area contributed by atoms with E-state index in [0.29, 0.717) is 10.6 Å². The molecule has 17 heavy (non-hydrogen) atoms. The average molecular weight is 254 g/mol. The molecule has 8 nitrogen and oxygen atoms in total. The summed E-state index contributed by atoms with van der Waals surface area (Å²) in [4.78, 5) is 16.6. The van der Waals surface area contributed by atoms with Crippen LogP contribution in [-0.2, 0) is 0 Å². The molecule has 0 atom stereocenters. The van der Waals surface area contributed by atoms with Gasteiger partial charge in [-0.15, -0.1) is 11.3 Å². The van der Waals surface area contributed by atoms with Gasteiger partial charge in [0.2, 0.25) is 0 Å². The molecular formula is C8H10N6O2S. The summed E-state index contributed by atoms with van der Waals surface area (Å²) in [7, 11) is 0. The Morgan fingerprint density at radius 2 is 2.24 bits per heavy atom. The Hall–Kier alpha value is -2.42. The Kier molecular flexibility index (Phi) is 4.17. The molecule has 0 saturated carbocycles. The molecule has 9 heteroatoms. The fourth-order valence-corrected chi connectivity index (χ4v) is 1.70. The zero-order valence-corrected chi connectivity index (χ0v) is 9.40. The smallest absolute Gasteiger partial charge is 0.331 e. The first-order valence-electron chi connectivity index (χ1n) is 4.33. The van der Waals surface area contributed by atoms with Gasteiger partial charge in [0.1, 0.15) is 10.6 Å². The highest BCUT2D eigenvalue weighted by atomic mass is 32.1. The maximum Gasteiger partial charge on any atom is 0.331 e. The predicted molar refractivity (Wildman–Crippen MR) is 64.7 cm³/mol. The van der Waals surface area contributed by atoms with Gasteiger partial charge < -0.3 is 21.6 Å². The number of hydrogen-bond donors (Lipinski definition) is 4. The van der Waals surface area contributed by atoms with Crippen LogP contribution in [0.1, 0.15) is 0 Å². The van der Waals surface area contributed by atoms with E-state index in [9.17, 15) is 10.1 Å². The Morgan fingerprint density at radius 1 is 1.59 bits per heavy atom. The molecule has 0 aliphatic heterocycles. The van der Waals surface area contributed by atoms with E-state index in [-0.39, 0.29) is 11.8 Å². The summed E-state index contributed by atoms with van der Waals surface area (Å²) < 4.78 is 0. The van der Waals surface area contributed by atoms with Gasteiger partial charge in [-0.25, -0.2) is 9.97 Å². The molecule has 0 bridgehead atoms. The lowest BCUT2D eigenvalue weighted by molar-refractivity contribution is -0.388. The zero-order chi connectivity index (χ0) is 12.8. The lowest BCUT2D eigenvalue weighted by Gasteiger charge is -1.93. The maximum absolute atomic E-state index is 10.5. The molecule has 0 fully saturated rings. The van der Waals surface area contributed by atoms with Crippen molar-refractivity contribution in [3.8, 4) is 10.6 Å². The lowest BCUT2D eigenvalue weighted by Crippen LogP contribution is -2.20. The summed E-state index contributed by atoms with van der Waals surface area (Å²) in [5.74, 6) is -0.338. The summed E-state index contributed by atoms with van der Waals surface area (Å²) in [5.41, 5.74) is 9.49. The fourth-order valence-electron chi connectivity index (χ4n) is 1.04. The number of nitrogens with one attached hydrogen (secondary N) is 2. The summed E-state index contributed by atoms with van der Waals surface area (Å²) >= 11 is 1.38. The summed E-state index contributed by atoms with van der Waals surface area (Å²) in [5, 5.41) is 19.0. The minimum Gasteiger partial charge on any atom is -0.370 e. The number of nitro groups is 1. The molecule has 6 N–H and O–H groups in total. The van der Waals surface area contributed by atoms with Crippen LogP contribution in [0.3, 0.4) is 0 Å². The van der Waals surface area contributed by atoms with Crippen LogP contribution in [0.4, 0.5) is 5.82 Å². The number of aromatic amines is 1. The van der Waals surface area contributed by atoms with Crippen molar-refractivity contribution in [2.45, 2.75) is 0 Å². The first kappa shape index (κ1) is 12.6. The number of nitrogens with two attached hydrogens (primary N) is 2. The second-order valence-electron chi connectivity index (χ2n) is 2.79. The quantitative estimate of drug-likeness (QED) is 0.272. The number of aromatic nitrogens is 2. The topological polar surface area (TPSA) is 148 Å². The maximum atomic E-state index is 10.5. The van der Waals surface area contributed by atoms with Crippen molar-refractivity contribution in [3.63, 3.8) is 0 Å². The highest BCUT2D eigenvalue weighted by molar-refractivity contribution is 7.13. The van der Waals surface area contributed by atoms with Crippen molar-refractivity contribution in [1.29, 1.82) is 5.41 Å². The number of guanidine groups is 1. The third kappa shape index (κ3) is 3.57. The molecule has 0 spiro atoms. The van der Waals surface area contributed by atoms with Gasteiger partial charge in [-0.1, -0.05) is 0 Å². The van der Waals surface area contributed by atoms with Crippen LogP contribution < -0.4 is 11.5 Å². The third-order valence-corrected chi connectivity index (χ3v) is 2.38. The number of nitrogens with zero attached hydrogens (tertiary/aromatic N) is 2. The fraction of sp³-hybridized carbons (Fsp3) is 0. The number of H-pyrrole nitrogens is 1. The van der Waals surface area contributed by atoms with Gasteiger partial charge >= 0.3 is 5.82 Å². The summed E-state index contributed by atoms with van der Waals surface area (Å²) in [6.07, 6.45) is 3.16. The van der Waals surface area contributed by atoms with E-state index in [2.05, 4.69) is 21.4 Å². The largest absolute Gasteiger partial charge is 0.370 e. The minimum atomic E-state index is -0.448. The molecule has 0 amide bonds. The van der Waals surface area contributed by atoms with Crippen molar-refractivity contribution in [2.75, 3.05) is 0 Å². The lowest BCUT2D eigenvalue weighted by atomic mass is 10.3. The minimum absolute atomic E-state index is 0.00468. The van der Waals surface area contributed by atoms with E-state index >= 15 is 0 Å². The number of rotatable bonds is 2. The molecule has 0 saturated heterocycles. The molecule has 2 heterocycles. The molecule has 0 aliphatic carbocycles. The SMILES string of the molecule is N=C(N)N.O=[N+]([O-])c1[nH]ccc1-c1nccs1. The molecule has 2 aromatic rings. The van der Waals surface area contributed by atoms with Gasteiger partial charge in [0.05, 0.1) is 6.20 Å². The second kappa shape index (κ2) is 5.61. The number of hydrogen-bond acceptors (Lipinski definition) is 5. The van der Waals surface area contributed by atoms with Crippen LogP contribution in [0, 0.1) is 15.5 Å². The normalized spacial score (nSPS) is 9.18. The van der Waals surface area contributed by atoms with Gasteiger partial charge in [-0.3, -0.25) is 5.41 Å². The van der Waals surface area contributed by atoms with E-state index in [1.807, 2.05) is 0 Å². The van der Waals surface area contributed by atoms with Crippen molar-refractivity contribution in [1.82, 2.24) is 9.97 Å². The van der Waals surface area contributed by atoms with Crippen LogP contribution in [0.5, 0.6) is 0 Å². The van der Waals surface area contributed by atoms with Crippen molar-refractivity contribution >= 4 is 23.1 Å². The monoisotopic (exact) mass is 254 g/mol. The molecule has 0 aliphatic rings. The Morgan fingerprint density at radius 3 is 2.71 bits per heavy atom. The third-order valence-electron chi connectivity index (χ3n) is 1.57. The van der Waals surface area contributed by atoms with Crippen LogP contribution in [0.25, 0.3) is 10.6 Å². The van der Waals surface area contributed by atoms with Crippen molar-refractivity contribution < 1.29 is 4.92 Å². The van der Waals surface area contributed by atoms with E-state index in [1.165, 1.54) is 17.5 Å². The van der Waals surface area contributed by atoms with Crippen molar-refractivity contribution in [3.05, 3.63) is 34.0 Å². The molecule has 2 aromatic heterocycles. The Bertz CT molecular complexity index is 502. The predicted octanol–water partition coefficient (Wildman–Crippen LogP) is 0.885. The van der Waals surface area contributed by atoms with Gasteiger partial charge in [0.15, 0.2) is 5.96 Å². The molecule has 0 aromatic carbocycles. The highest BCUT2D eigenvalue weighted by Crippen LogP contribution is 2.29. The summed E-state index contributed by atoms with van der Waals surface area (Å²) in [6, 6.07) is 1.65. The van der Waals surface area contributed by atoms with Crippen LogP contribution >= 0.6 is 11.3 Å².